The SMILES string of the molecule is O=C(O)CC1(CS(=O)CCCN2CCCC2)CC1. The van der Waals surface area contributed by atoms with Crippen molar-refractivity contribution in [3.8, 4) is 0 Å². The zero-order valence-electron chi connectivity index (χ0n) is 10.9. The molecule has 1 aliphatic heterocycles. The summed E-state index contributed by atoms with van der Waals surface area (Å²) >= 11 is 0. The van der Waals surface area contributed by atoms with E-state index in [2.05, 4.69) is 4.90 Å². The molecule has 0 aromatic rings. The highest BCUT2D eigenvalue weighted by atomic mass is 32.2. The monoisotopic (exact) mass is 273 g/mol. The van der Waals surface area contributed by atoms with Gasteiger partial charge in [-0.1, -0.05) is 0 Å². The van der Waals surface area contributed by atoms with E-state index in [1.54, 1.807) is 0 Å². The quantitative estimate of drug-likeness (QED) is 0.727. The zero-order valence-corrected chi connectivity index (χ0v) is 11.7. The van der Waals surface area contributed by atoms with Gasteiger partial charge in [0, 0.05) is 22.3 Å². The molecule has 2 rings (SSSR count). The maximum atomic E-state index is 12.0. The minimum atomic E-state index is -0.833. The Morgan fingerprint density at radius 2 is 1.94 bits per heavy atom. The van der Waals surface area contributed by atoms with Crippen LogP contribution in [0.2, 0.25) is 0 Å². The lowest BCUT2D eigenvalue weighted by Gasteiger charge is -2.15. The van der Waals surface area contributed by atoms with Crippen molar-refractivity contribution in [3.05, 3.63) is 0 Å². The van der Waals surface area contributed by atoms with Gasteiger partial charge >= 0.3 is 5.97 Å². The Bertz CT molecular complexity index is 322. The Hall–Kier alpha value is -0.420. The predicted octanol–water partition coefficient (Wildman–Crippen LogP) is 1.48. The minimum absolute atomic E-state index is 0.121. The van der Waals surface area contributed by atoms with Crippen molar-refractivity contribution in [2.75, 3.05) is 31.1 Å². The average Bonchev–Trinajstić information content (AvgIpc) is 2.83. The van der Waals surface area contributed by atoms with Crippen LogP contribution in [0.1, 0.15) is 38.5 Å². The molecule has 0 spiro atoms. The van der Waals surface area contributed by atoms with Crippen molar-refractivity contribution in [2.24, 2.45) is 5.41 Å². The first-order chi connectivity index (χ1) is 8.60. The molecule has 1 atom stereocenters. The fourth-order valence-electron chi connectivity index (χ4n) is 2.74. The minimum Gasteiger partial charge on any atom is -0.481 e. The van der Waals surface area contributed by atoms with Crippen molar-refractivity contribution in [1.29, 1.82) is 0 Å². The van der Waals surface area contributed by atoms with E-state index >= 15 is 0 Å². The first-order valence-electron chi connectivity index (χ1n) is 6.89. The smallest absolute Gasteiger partial charge is 0.303 e. The molecular weight excluding hydrogens is 250 g/mol. The van der Waals surface area contributed by atoms with Crippen molar-refractivity contribution in [3.63, 3.8) is 0 Å². The van der Waals surface area contributed by atoms with Crippen LogP contribution in [0.5, 0.6) is 0 Å². The Morgan fingerprint density at radius 3 is 2.50 bits per heavy atom. The maximum absolute atomic E-state index is 12.0. The van der Waals surface area contributed by atoms with Gasteiger partial charge < -0.3 is 10.0 Å². The molecule has 1 saturated carbocycles. The molecule has 1 N–H and O–H groups in total. The van der Waals surface area contributed by atoms with E-state index in [4.69, 9.17) is 5.11 Å². The summed E-state index contributed by atoms with van der Waals surface area (Å²) in [4.78, 5) is 13.2. The van der Waals surface area contributed by atoms with E-state index in [9.17, 15) is 9.00 Å². The Kier molecular flexibility index (Phi) is 4.78. The van der Waals surface area contributed by atoms with Gasteiger partial charge in [0.15, 0.2) is 0 Å². The number of hydrogen-bond donors (Lipinski definition) is 1. The number of hydrogen-bond acceptors (Lipinski definition) is 3. The lowest BCUT2D eigenvalue weighted by Crippen LogP contribution is -2.23. The van der Waals surface area contributed by atoms with Crippen molar-refractivity contribution >= 4 is 16.8 Å². The molecule has 1 unspecified atom stereocenters. The van der Waals surface area contributed by atoms with E-state index in [0.717, 1.165) is 31.6 Å². The maximum Gasteiger partial charge on any atom is 0.303 e. The summed E-state index contributed by atoms with van der Waals surface area (Å²) in [7, 11) is -0.833. The molecule has 104 valence electrons. The number of carboxylic acids is 1. The summed E-state index contributed by atoms with van der Waals surface area (Å²) in [6.45, 7) is 3.43. The Balaban J connectivity index is 1.61. The molecule has 2 aliphatic rings. The fourth-order valence-corrected chi connectivity index (χ4v) is 4.41. The third-order valence-corrected chi connectivity index (χ3v) is 5.67. The third kappa shape index (κ3) is 4.35. The fraction of sp³-hybridized carbons (Fsp3) is 0.923. The molecule has 0 amide bonds. The standard InChI is InChI=1S/C13H23NO3S/c15-12(16)10-13(4-5-13)11-18(17)9-3-8-14-6-1-2-7-14/h1-11H2,(H,15,16). The number of aliphatic carboxylic acids is 1. The van der Waals surface area contributed by atoms with Crippen LogP contribution in [0.4, 0.5) is 0 Å². The number of carbonyl (C=O) groups is 1. The van der Waals surface area contributed by atoms with Gasteiger partial charge in [-0.3, -0.25) is 9.00 Å². The first-order valence-corrected chi connectivity index (χ1v) is 8.38. The summed E-state index contributed by atoms with van der Waals surface area (Å²) in [5.74, 6) is 0.582. The lowest BCUT2D eigenvalue weighted by molar-refractivity contribution is -0.138. The molecule has 0 radical (unpaired) electrons. The van der Waals surface area contributed by atoms with Crippen LogP contribution in [0.25, 0.3) is 0 Å². The first kappa shape index (κ1) is 14.0. The number of likely N-dealkylation sites (tertiary alicyclic amines) is 1. The second-order valence-electron chi connectivity index (χ2n) is 5.76. The largest absolute Gasteiger partial charge is 0.481 e. The van der Waals surface area contributed by atoms with Crippen LogP contribution < -0.4 is 0 Å². The van der Waals surface area contributed by atoms with Crippen LogP contribution in [0, 0.1) is 5.41 Å². The molecule has 5 heteroatoms. The van der Waals surface area contributed by atoms with E-state index in [1.165, 1.54) is 25.9 Å². The van der Waals surface area contributed by atoms with E-state index in [0.29, 0.717) is 5.75 Å². The number of carboxylic acid groups (broad SMARTS) is 1. The molecular formula is C13H23NO3S. The molecule has 18 heavy (non-hydrogen) atoms. The highest BCUT2D eigenvalue weighted by molar-refractivity contribution is 7.85. The molecule has 1 aliphatic carbocycles. The van der Waals surface area contributed by atoms with Gasteiger partial charge in [0.05, 0.1) is 6.42 Å². The van der Waals surface area contributed by atoms with Gasteiger partial charge in [-0.25, -0.2) is 0 Å². The van der Waals surface area contributed by atoms with Crippen LogP contribution in [-0.2, 0) is 15.6 Å². The average molecular weight is 273 g/mol. The topological polar surface area (TPSA) is 57.6 Å². The number of rotatable bonds is 8. The molecule has 1 saturated heterocycles. The molecule has 4 nitrogen and oxygen atoms in total. The van der Waals surface area contributed by atoms with Gasteiger partial charge in [-0.05, 0) is 57.2 Å². The van der Waals surface area contributed by atoms with Gasteiger partial charge in [-0.15, -0.1) is 0 Å². The summed E-state index contributed by atoms with van der Waals surface area (Å²) in [5, 5.41) is 8.82. The summed E-state index contributed by atoms with van der Waals surface area (Å²) < 4.78 is 12.0. The van der Waals surface area contributed by atoms with Crippen LogP contribution in [0.3, 0.4) is 0 Å². The van der Waals surface area contributed by atoms with Gasteiger partial charge in [0.2, 0.25) is 0 Å². The zero-order chi connectivity index (χ0) is 13.0. The molecule has 0 aromatic carbocycles. The highest BCUT2D eigenvalue weighted by Gasteiger charge is 2.45. The van der Waals surface area contributed by atoms with Gasteiger partial charge in [-0.2, -0.15) is 0 Å². The predicted molar refractivity (Wildman–Crippen MR) is 72.1 cm³/mol. The third-order valence-electron chi connectivity index (χ3n) is 4.00. The number of nitrogens with zero attached hydrogens (tertiary/aromatic N) is 1. The van der Waals surface area contributed by atoms with E-state index < -0.39 is 16.8 Å². The second kappa shape index (κ2) is 6.15. The van der Waals surface area contributed by atoms with E-state index in [-0.39, 0.29) is 11.8 Å². The lowest BCUT2D eigenvalue weighted by atomic mass is 10.1. The highest BCUT2D eigenvalue weighted by Crippen LogP contribution is 2.49. The van der Waals surface area contributed by atoms with Crippen LogP contribution >= 0.6 is 0 Å². The van der Waals surface area contributed by atoms with Crippen molar-refractivity contribution < 1.29 is 14.1 Å². The van der Waals surface area contributed by atoms with Gasteiger partial charge in [0.25, 0.3) is 0 Å². The molecule has 1 heterocycles. The Labute approximate surface area is 111 Å². The van der Waals surface area contributed by atoms with Crippen molar-refractivity contribution in [1.82, 2.24) is 4.90 Å². The molecule has 0 bridgehead atoms. The normalized spacial score (nSPS) is 24.0. The van der Waals surface area contributed by atoms with Crippen LogP contribution in [0.15, 0.2) is 0 Å². The summed E-state index contributed by atoms with van der Waals surface area (Å²) in [5.41, 5.74) is -0.121. The molecule has 0 aromatic heterocycles. The second-order valence-corrected chi connectivity index (χ2v) is 7.34. The Morgan fingerprint density at radius 1 is 1.28 bits per heavy atom. The van der Waals surface area contributed by atoms with Gasteiger partial charge in [0.1, 0.15) is 0 Å². The van der Waals surface area contributed by atoms with Crippen molar-refractivity contribution in [2.45, 2.75) is 38.5 Å². The van der Waals surface area contributed by atoms with Crippen LogP contribution in [-0.4, -0.2) is 51.3 Å². The van der Waals surface area contributed by atoms with E-state index in [1.807, 2.05) is 0 Å². The summed E-state index contributed by atoms with van der Waals surface area (Å²) in [6, 6.07) is 0. The summed E-state index contributed by atoms with van der Waals surface area (Å²) in [6.07, 6.45) is 5.66. The molecule has 2 fully saturated rings.